The number of hydrogen-bond acceptors (Lipinski definition) is 5. The Labute approximate surface area is 134 Å². The van der Waals surface area contributed by atoms with E-state index in [1.165, 1.54) is 0 Å². The number of fused-ring (bicyclic) bond motifs is 5. The van der Waals surface area contributed by atoms with Crippen molar-refractivity contribution < 1.29 is 29.0 Å². The number of ether oxygens (including phenoxy) is 2. The van der Waals surface area contributed by atoms with Gasteiger partial charge in [-0.3, -0.25) is 9.59 Å². The molecule has 23 heavy (non-hydrogen) atoms. The highest BCUT2D eigenvalue weighted by atomic mass is 16.6. The molecule has 0 aromatic rings. The molecule has 126 valence electrons. The van der Waals surface area contributed by atoms with Gasteiger partial charge in [0, 0.05) is 6.08 Å². The highest BCUT2D eigenvalue weighted by Crippen LogP contribution is 2.63. The summed E-state index contributed by atoms with van der Waals surface area (Å²) in [5.74, 6) is -1.89. The van der Waals surface area contributed by atoms with Gasteiger partial charge in [-0.1, -0.05) is 13.0 Å². The molecular formula is C17H22O6. The lowest BCUT2D eigenvalue weighted by molar-refractivity contribution is -0.164. The van der Waals surface area contributed by atoms with E-state index in [1.807, 2.05) is 0 Å². The minimum Gasteiger partial charge on any atom is -0.481 e. The predicted octanol–water partition coefficient (Wildman–Crippen LogP) is 1.64. The molecule has 2 bridgehead atoms. The van der Waals surface area contributed by atoms with Crippen LogP contribution >= 0.6 is 0 Å². The second kappa shape index (κ2) is 6.34. The van der Waals surface area contributed by atoms with Gasteiger partial charge < -0.3 is 14.6 Å². The van der Waals surface area contributed by atoms with Crippen LogP contribution in [0, 0.1) is 35.5 Å². The molecule has 6 unspecified atom stereocenters. The third-order valence-electron chi connectivity index (χ3n) is 5.87. The summed E-state index contributed by atoms with van der Waals surface area (Å²) in [7, 11) is 0. The summed E-state index contributed by atoms with van der Waals surface area (Å²) >= 11 is 0. The fourth-order valence-electron chi connectivity index (χ4n) is 5.20. The molecule has 0 amide bonds. The van der Waals surface area contributed by atoms with Gasteiger partial charge in [0.15, 0.2) is 0 Å². The van der Waals surface area contributed by atoms with Crippen molar-refractivity contribution in [2.75, 3.05) is 13.2 Å². The highest BCUT2D eigenvalue weighted by Gasteiger charge is 2.63. The van der Waals surface area contributed by atoms with Crippen molar-refractivity contribution in [2.24, 2.45) is 35.5 Å². The van der Waals surface area contributed by atoms with Crippen molar-refractivity contribution in [3.05, 3.63) is 12.7 Å². The van der Waals surface area contributed by atoms with Gasteiger partial charge in [-0.15, -0.1) is 0 Å². The zero-order chi connectivity index (χ0) is 16.6. The molecule has 0 aliphatic heterocycles. The first-order valence-corrected chi connectivity index (χ1v) is 8.23. The van der Waals surface area contributed by atoms with Crippen LogP contribution < -0.4 is 0 Å². The summed E-state index contributed by atoms with van der Waals surface area (Å²) < 4.78 is 9.95. The van der Waals surface area contributed by atoms with Crippen molar-refractivity contribution in [1.29, 1.82) is 0 Å². The van der Waals surface area contributed by atoms with E-state index in [9.17, 15) is 19.5 Å². The maximum atomic E-state index is 12.4. The zero-order valence-electron chi connectivity index (χ0n) is 13.0. The Kier molecular flexibility index (Phi) is 4.41. The van der Waals surface area contributed by atoms with Crippen LogP contribution in [0.3, 0.4) is 0 Å². The smallest absolute Gasteiger partial charge is 0.330 e. The standard InChI is InChI=1S/C17H22O6/c1-2-13(18)22-6-7-23-17(21)15-12-8-11(14(15)16(19)20)9-4-3-5-10(9)12/h2,9-12,14-15H,1,3-8H2,(H,19,20). The van der Waals surface area contributed by atoms with Gasteiger partial charge in [-0.25, -0.2) is 4.79 Å². The normalized spacial score (nSPS) is 37.2. The van der Waals surface area contributed by atoms with Crippen molar-refractivity contribution in [2.45, 2.75) is 25.7 Å². The topological polar surface area (TPSA) is 89.9 Å². The Morgan fingerprint density at radius 2 is 1.61 bits per heavy atom. The molecule has 0 aromatic heterocycles. The number of hydrogen-bond donors (Lipinski definition) is 1. The summed E-state index contributed by atoms with van der Waals surface area (Å²) in [5, 5.41) is 9.56. The largest absolute Gasteiger partial charge is 0.481 e. The second-order valence-electron chi connectivity index (χ2n) is 6.75. The van der Waals surface area contributed by atoms with Crippen molar-refractivity contribution >= 4 is 17.9 Å². The van der Waals surface area contributed by atoms with Crippen LogP contribution in [0.5, 0.6) is 0 Å². The first kappa shape index (κ1) is 16.0. The molecule has 3 fully saturated rings. The quantitative estimate of drug-likeness (QED) is 0.454. The third-order valence-corrected chi connectivity index (χ3v) is 5.87. The van der Waals surface area contributed by atoms with Crippen LogP contribution in [0.4, 0.5) is 0 Å². The Morgan fingerprint density at radius 3 is 2.22 bits per heavy atom. The summed E-state index contributed by atoms with van der Waals surface area (Å²) in [6, 6.07) is 0. The lowest BCUT2D eigenvalue weighted by Gasteiger charge is -2.34. The number of carbonyl (C=O) groups excluding carboxylic acids is 2. The summed E-state index contributed by atoms with van der Waals surface area (Å²) in [4.78, 5) is 35.0. The minimum atomic E-state index is -0.886. The molecule has 0 heterocycles. The Bertz CT molecular complexity index is 527. The predicted molar refractivity (Wildman–Crippen MR) is 79.2 cm³/mol. The van der Waals surface area contributed by atoms with Gasteiger partial charge >= 0.3 is 17.9 Å². The molecule has 6 atom stereocenters. The summed E-state index contributed by atoms with van der Waals surface area (Å²) in [6.45, 7) is 3.19. The van der Waals surface area contributed by atoms with Gasteiger partial charge in [-0.05, 0) is 42.9 Å². The monoisotopic (exact) mass is 322 g/mol. The first-order chi connectivity index (χ1) is 11.0. The average Bonchev–Trinajstić information content (AvgIpc) is 3.20. The maximum Gasteiger partial charge on any atom is 0.330 e. The molecule has 3 aliphatic carbocycles. The maximum absolute atomic E-state index is 12.4. The van der Waals surface area contributed by atoms with Gasteiger partial charge in [0.25, 0.3) is 0 Å². The van der Waals surface area contributed by atoms with E-state index in [4.69, 9.17) is 9.47 Å². The fourth-order valence-corrected chi connectivity index (χ4v) is 5.20. The van der Waals surface area contributed by atoms with Crippen LogP contribution in [-0.2, 0) is 23.9 Å². The van der Waals surface area contributed by atoms with Crippen LogP contribution in [0.15, 0.2) is 12.7 Å². The molecule has 6 nitrogen and oxygen atoms in total. The van der Waals surface area contributed by atoms with E-state index >= 15 is 0 Å². The highest BCUT2D eigenvalue weighted by molar-refractivity contribution is 5.83. The van der Waals surface area contributed by atoms with E-state index in [2.05, 4.69) is 6.58 Å². The number of carbonyl (C=O) groups is 3. The molecule has 0 aromatic carbocycles. The number of carboxylic acids is 1. The second-order valence-corrected chi connectivity index (χ2v) is 6.75. The van der Waals surface area contributed by atoms with E-state index in [0.717, 1.165) is 31.8 Å². The van der Waals surface area contributed by atoms with Gasteiger partial charge in [0.1, 0.15) is 13.2 Å². The van der Waals surface area contributed by atoms with Crippen LogP contribution in [0.1, 0.15) is 25.7 Å². The number of rotatable bonds is 6. The van der Waals surface area contributed by atoms with Crippen LogP contribution in [0.2, 0.25) is 0 Å². The van der Waals surface area contributed by atoms with E-state index in [0.29, 0.717) is 11.8 Å². The lowest BCUT2D eigenvalue weighted by atomic mass is 9.69. The number of carboxylic acid groups (broad SMARTS) is 1. The Balaban J connectivity index is 1.61. The molecular weight excluding hydrogens is 300 g/mol. The fraction of sp³-hybridized carbons (Fsp3) is 0.706. The zero-order valence-corrected chi connectivity index (χ0v) is 13.0. The molecule has 6 heteroatoms. The lowest BCUT2D eigenvalue weighted by Crippen LogP contribution is -2.41. The molecule has 0 radical (unpaired) electrons. The van der Waals surface area contributed by atoms with Gasteiger partial charge in [0.05, 0.1) is 11.8 Å². The van der Waals surface area contributed by atoms with E-state index < -0.39 is 29.7 Å². The van der Waals surface area contributed by atoms with Crippen molar-refractivity contribution in [1.82, 2.24) is 0 Å². The number of aliphatic carboxylic acids is 1. The molecule has 1 N–H and O–H groups in total. The van der Waals surface area contributed by atoms with E-state index in [-0.39, 0.29) is 25.0 Å². The molecule has 3 saturated carbocycles. The summed E-state index contributed by atoms with van der Waals surface area (Å²) in [5.41, 5.74) is 0. The van der Waals surface area contributed by atoms with E-state index in [1.54, 1.807) is 0 Å². The molecule has 0 saturated heterocycles. The minimum absolute atomic E-state index is 0.0405. The first-order valence-electron chi connectivity index (χ1n) is 8.23. The molecule has 0 spiro atoms. The summed E-state index contributed by atoms with van der Waals surface area (Å²) in [6.07, 6.45) is 5.19. The van der Waals surface area contributed by atoms with Crippen molar-refractivity contribution in [3.63, 3.8) is 0 Å². The van der Waals surface area contributed by atoms with Gasteiger partial charge in [-0.2, -0.15) is 0 Å². The Hall–Kier alpha value is -1.85. The number of esters is 2. The Morgan fingerprint density at radius 1 is 1.00 bits per heavy atom. The van der Waals surface area contributed by atoms with Crippen LogP contribution in [-0.4, -0.2) is 36.2 Å². The van der Waals surface area contributed by atoms with Crippen molar-refractivity contribution in [3.8, 4) is 0 Å². The molecule has 3 rings (SSSR count). The average molecular weight is 322 g/mol. The molecule has 3 aliphatic rings. The van der Waals surface area contributed by atoms with Gasteiger partial charge in [0.2, 0.25) is 0 Å². The van der Waals surface area contributed by atoms with Crippen LogP contribution in [0.25, 0.3) is 0 Å². The SMILES string of the molecule is C=CC(=O)OCCOC(=O)C1C2CC(C3CCCC32)C1C(=O)O. The third kappa shape index (κ3) is 2.75.